The first-order chi connectivity index (χ1) is 7.68. The molecule has 0 aromatic carbocycles. The average molecular weight is 225 g/mol. The van der Waals surface area contributed by atoms with Crippen LogP contribution in [0.25, 0.3) is 0 Å². The van der Waals surface area contributed by atoms with Crippen molar-refractivity contribution in [2.75, 3.05) is 40.3 Å². The minimum absolute atomic E-state index is 0.813. The lowest BCUT2D eigenvalue weighted by Gasteiger charge is -2.43. The van der Waals surface area contributed by atoms with Gasteiger partial charge in [0.25, 0.3) is 0 Å². The van der Waals surface area contributed by atoms with Crippen molar-refractivity contribution in [1.82, 2.24) is 15.1 Å². The minimum atomic E-state index is 0.813. The predicted octanol–water partition coefficient (Wildman–Crippen LogP) is 1.01. The molecule has 0 saturated carbocycles. The van der Waals surface area contributed by atoms with Gasteiger partial charge in [-0.3, -0.25) is 4.90 Å². The van der Waals surface area contributed by atoms with Gasteiger partial charge >= 0.3 is 0 Å². The Labute approximate surface area is 100 Å². The Morgan fingerprint density at radius 1 is 1.12 bits per heavy atom. The zero-order chi connectivity index (χ0) is 11.5. The van der Waals surface area contributed by atoms with Crippen molar-refractivity contribution in [3.05, 3.63) is 0 Å². The molecule has 2 rings (SSSR count). The maximum atomic E-state index is 3.50. The first kappa shape index (κ1) is 12.3. The summed E-state index contributed by atoms with van der Waals surface area (Å²) in [6, 6.07) is 1.65. The summed E-state index contributed by atoms with van der Waals surface area (Å²) in [7, 11) is 4.43. The van der Waals surface area contributed by atoms with E-state index in [2.05, 4.69) is 36.1 Å². The van der Waals surface area contributed by atoms with Crippen LogP contribution in [-0.4, -0.2) is 62.2 Å². The van der Waals surface area contributed by atoms with Crippen LogP contribution in [0.1, 0.15) is 26.2 Å². The van der Waals surface area contributed by atoms with E-state index in [0.29, 0.717) is 0 Å². The fraction of sp³-hybridized carbons (Fsp3) is 1.00. The number of nitrogens with one attached hydrogen (secondary N) is 1. The maximum absolute atomic E-state index is 3.50. The van der Waals surface area contributed by atoms with E-state index in [1.54, 1.807) is 0 Å². The van der Waals surface area contributed by atoms with Gasteiger partial charge in [0.1, 0.15) is 0 Å². The molecule has 0 amide bonds. The van der Waals surface area contributed by atoms with Crippen molar-refractivity contribution < 1.29 is 0 Å². The number of nitrogens with zero attached hydrogens (tertiary/aromatic N) is 2. The molecule has 2 fully saturated rings. The van der Waals surface area contributed by atoms with Gasteiger partial charge in [-0.15, -0.1) is 0 Å². The molecule has 3 nitrogen and oxygen atoms in total. The lowest BCUT2D eigenvalue weighted by Crippen LogP contribution is -2.52. The molecule has 0 aromatic rings. The summed E-state index contributed by atoms with van der Waals surface area (Å²) in [4.78, 5) is 5.13. The van der Waals surface area contributed by atoms with Gasteiger partial charge in [0, 0.05) is 12.1 Å². The van der Waals surface area contributed by atoms with E-state index in [0.717, 1.165) is 18.0 Å². The molecule has 2 atom stereocenters. The third-order valence-corrected chi connectivity index (χ3v) is 4.44. The molecule has 2 aliphatic heterocycles. The standard InChI is InChI=1S/C13H27N3/c1-11-10-14-7-4-13(11)16-8-5-12(6-9-16)15(2)3/h11-14H,4-10H2,1-3H3. The molecule has 1 N–H and O–H groups in total. The van der Waals surface area contributed by atoms with Gasteiger partial charge in [-0.1, -0.05) is 6.92 Å². The summed E-state index contributed by atoms with van der Waals surface area (Å²) < 4.78 is 0. The second-order valence-corrected chi connectivity index (χ2v) is 5.77. The normalized spacial score (nSPS) is 34.5. The molecule has 16 heavy (non-hydrogen) atoms. The lowest BCUT2D eigenvalue weighted by atomic mass is 9.91. The molecule has 2 unspecified atom stereocenters. The van der Waals surface area contributed by atoms with Crippen LogP contribution in [0.15, 0.2) is 0 Å². The summed E-state index contributed by atoms with van der Waals surface area (Å²) in [5, 5.41) is 3.50. The molecule has 3 heteroatoms. The Morgan fingerprint density at radius 2 is 1.81 bits per heavy atom. The van der Waals surface area contributed by atoms with Gasteiger partial charge in [-0.25, -0.2) is 0 Å². The first-order valence-corrected chi connectivity index (χ1v) is 6.79. The lowest BCUT2D eigenvalue weighted by molar-refractivity contribution is 0.0685. The van der Waals surface area contributed by atoms with Crippen LogP contribution in [0.5, 0.6) is 0 Å². The van der Waals surface area contributed by atoms with Crippen LogP contribution in [0.4, 0.5) is 0 Å². The van der Waals surface area contributed by atoms with Crippen LogP contribution in [0.3, 0.4) is 0 Å². The molecule has 0 spiro atoms. The number of rotatable bonds is 2. The summed E-state index contributed by atoms with van der Waals surface area (Å²) in [5.41, 5.74) is 0. The Balaban J connectivity index is 1.83. The van der Waals surface area contributed by atoms with E-state index in [4.69, 9.17) is 0 Å². The Morgan fingerprint density at radius 3 is 2.38 bits per heavy atom. The van der Waals surface area contributed by atoms with E-state index >= 15 is 0 Å². The largest absolute Gasteiger partial charge is 0.316 e. The summed E-state index contributed by atoms with van der Waals surface area (Å²) >= 11 is 0. The average Bonchev–Trinajstić information content (AvgIpc) is 2.30. The van der Waals surface area contributed by atoms with E-state index in [9.17, 15) is 0 Å². The number of piperidine rings is 2. The van der Waals surface area contributed by atoms with Crippen molar-refractivity contribution in [1.29, 1.82) is 0 Å². The summed E-state index contributed by atoms with van der Waals surface area (Å²) in [6.07, 6.45) is 4.04. The van der Waals surface area contributed by atoms with Crippen LogP contribution < -0.4 is 5.32 Å². The van der Waals surface area contributed by atoms with Gasteiger partial charge in [0.2, 0.25) is 0 Å². The zero-order valence-electron chi connectivity index (χ0n) is 11.1. The van der Waals surface area contributed by atoms with E-state index in [-0.39, 0.29) is 0 Å². The summed E-state index contributed by atoms with van der Waals surface area (Å²) in [5.74, 6) is 0.824. The van der Waals surface area contributed by atoms with E-state index in [1.165, 1.54) is 45.4 Å². The summed E-state index contributed by atoms with van der Waals surface area (Å²) in [6.45, 7) is 7.42. The van der Waals surface area contributed by atoms with Crippen LogP contribution >= 0.6 is 0 Å². The Hall–Kier alpha value is -0.120. The SMILES string of the molecule is CC1CNCCC1N1CCC(N(C)C)CC1. The third kappa shape index (κ3) is 2.76. The van der Waals surface area contributed by atoms with Crippen molar-refractivity contribution in [2.24, 2.45) is 5.92 Å². The molecule has 0 aliphatic carbocycles. The highest BCUT2D eigenvalue weighted by Crippen LogP contribution is 2.23. The highest BCUT2D eigenvalue weighted by atomic mass is 15.2. The highest BCUT2D eigenvalue weighted by molar-refractivity contribution is 4.87. The first-order valence-electron chi connectivity index (χ1n) is 6.79. The van der Waals surface area contributed by atoms with Crippen LogP contribution in [0.2, 0.25) is 0 Å². The molecule has 0 aromatic heterocycles. The van der Waals surface area contributed by atoms with Crippen LogP contribution in [0, 0.1) is 5.92 Å². The van der Waals surface area contributed by atoms with Crippen molar-refractivity contribution >= 4 is 0 Å². The van der Waals surface area contributed by atoms with Gasteiger partial charge < -0.3 is 10.2 Å². The minimum Gasteiger partial charge on any atom is -0.316 e. The Bertz CT molecular complexity index is 209. The van der Waals surface area contributed by atoms with E-state index < -0.39 is 0 Å². The maximum Gasteiger partial charge on any atom is 0.0145 e. The Kier molecular flexibility index (Phi) is 4.22. The monoisotopic (exact) mass is 225 g/mol. The van der Waals surface area contributed by atoms with Crippen molar-refractivity contribution in [2.45, 2.75) is 38.3 Å². The predicted molar refractivity (Wildman–Crippen MR) is 68.7 cm³/mol. The molecule has 0 radical (unpaired) electrons. The fourth-order valence-electron chi connectivity index (χ4n) is 3.28. The molecule has 2 heterocycles. The quantitative estimate of drug-likeness (QED) is 0.757. The number of hydrogen-bond acceptors (Lipinski definition) is 3. The molecule has 0 bridgehead atoms. The second kappa shape index (κ2) is 5.48. The fourth-order valence-corrected chi connectivity index (χ4v) is 3.28. The van der Waals surface area contributed by atoms with Gasteiger partial charge in [0.05, 0.1) is 0 Å². The number of likely N-dealkylation sites (tertiary alicyclic amines) is 1. The zero-order valence-corrected chi connectivity index (χ0v) is 11.1. The topological polar surface area (TPSA) is 18.5 Å². The second-order valence-electron chi connectivity index (χ2n) is 5.77. The van der Waals surface area contributed by atoms with Crippen molar-refractivity contribution in [3.8, 4) is 0 Å². The molecular formula is C13H27N3. The molecular weight excluding hydrogens is 198 g/mol. The van der Waals surface area contributed by atoms with Crippen molar-refractivity contribution in [3.63, 3.8) is 0 Å². The number of hydrogen-bond donors (Lipinski definition) is 1. The van der Waals surface area contributed by atoms with Crippen LogP contribution in [-0.2, 0) is 0 Å². The molecule has 2 aliphatic rings. The highest BCUT2D eigenvalue weighted by Gasteiger charge is 2.30. The molecule has 2 saturated heterocycles. The third-order valence-electron chi connectivity index (χ3n) is 4.44. The van der Waals surface area contributed by atoms with Gasteiger partial charge in [0.15, 0.2) is 0 Å². The smallest absolute Gasteiger partial charge is 0.0145 e. The molecule has 94 valence electrons. The van der Waals surface area contributed by atoms with E-state index in [1.807, 2.05) is 0 Å². The van der Waals surface area contributed by atoms with Gasteiger partial charge in [-0.2, -0.15) is 0 Å². The van der Waals surface area contributed by atoms with Gasteiger partial charge in [-0.05, 0) is 65.5 Å².